The minimum atomic E-state index is -0.422. The van der Waals surface area contributed by atoms with Crippen LogP contribution in [-0.4, -0.2) is 32.3 Å². The number of rotatable bonds is 7. The van der Waals surface area contributed by atoms with E-state index < -0.39 is 11.0 Å². The molecule has 2 aromatic heterocycles. The molecule has 3 heterocycles. The first-order valence-corrected chi connectivity index (χ1v) is 11.4. The monoisotopic (exact) mass is 457 g/mol. The molecule has 160 valence electrons. The van der Waals surface area contributed by atoms with Crippen LogP contribution in [0.3, 0.4) is 0 Å². The zero-order valence-electron chi connectivity index (χ0n) is 16.8. The van der Waals surface area contributed by atoms with E-state index in [1.54, 1.807) is 23.7 Å². The van der Waals surface area contributed by atoms with Crippen LogP contribution in [0.1, 0.15) is 30.3 Å². The maximum absolute atomic E-state index is 12.7. The van der Waals surface area contributed by atoms with Gasteiger partial charge in [-0.25, -0.2) is 9.48 Å². The van der Waals surface area contributed by atoms with Crippen LogP contribution in [-0.2, 0) is 15.3 Å². The van der Waals surface area contributed by atoms with Crippen molar-refractivity contribution in [2.24, 2.45) is 0 Å². The number of hydrogen-bond acceptors (Lipinski definition) is 9. The van der Waals surface area contributed by atoms with Gasteiger partial charge in [0.2, 0.25) is 11.1 Å². The van der Waals surface area contributed by atoms with Crippen LogP contribution in [0.25, 0.3) is 0 Å². The van der Waals surface area contributed by atoms with Gasteiger partial charge in [0.15, 0.2) is 0 Å². The first kappa shape index (κ1) is 21.1. The van der Waals surface area contributed by atoms with E-state index >= 15 is 0 Å². The normalized spacial score (nSPS) is 15.4. The Kier molecular flexibility index (Phi) is 6.05. The fourth-order valence-corrected chi connectivity index (χ4v) is 4.84. The largest absolute Gasteiger partial charge is 0.463 e. The van der Waals surface area contributed by atoms with E-state index in [-0.39, 0.29) is 18.3 Å². The smallest absolute Gasteiger partial charge is 0.338 e. The van der Waals surface area contributed by atoms with Crippen molar-refractivity contribution < 1.29 is 14.5 Å². The summed E-state index contributed by atoms with van der Waals surface area (Å²) in [6, 6.07) is 9.88. The van der Waals surface area contributed by atoms with Crippen LogP contribution in [0.5, 0.6) is 0 Å². The highest BCUT2D eigenvalue weighted by Gasteiger charge is 2.35. The number of thiophene rings is 1. The average molecular weight is 458 g/mol. The Morgan fingerprint density at radius 2 is 2.13 bits per heavy atom. The number of hydrogen-bond donors (Lipinski definition) is 1. The number of aromatic nitrogens is 3. The van der Waals surface area contributed by atoms with Gasteiger partial charge in [-0.1, -0.05) is 30.0 Å². The molecule has 0 spiro atoms. The lowest BCUT2D eigenvalue weighted by atomic mass is 10.0. The molecule has 1 atom stereocenters. The number of thioether (sulfide) groups is 1. The Morgan fingerprint density at radius 1 is 1.35 bits per heavy atom. The molecule has 0 saturated carbocycles. The van der Waals surface area contributed by atoms with Gasteiger partial charge in [-0.2, -0.15) is 4.98 Å². The number of fused-ring (bicyclic) bond motifs is 1. The quantitative estimate of drug-likeness (QED) is 0.241. The van der Waals surface area contributed by atoms with Crippen molar-refractivity contribution in [3.8, 4) is 0 Å². The molecule has 9 nitrogen and oxygen atoms in total. The van der Waals surface area contributed by atoms with Crippen molar-refractivity contribution in [1.82, 2.24) is 14.8 Å². The molecule has 1 N–H and O–H groups in total. The second kappa shape index (κ2) is 8.90. The number of non-ortho nitro benzene ring substituents is 1. The maximum atomic E-state index is 12.7. The van der Waals surface area contributed by atoms with Crippen LogP contribution >= 0.6 is 23.1 Å². The number of benzene rings is 1. The molecule has 0 saturated heterocycles. The average Bonchev–Trinajstić information content (AvgIpc) is 3.41. The minimum Gasteiger partial charge on any atom is -0.463 e. The van der Waals surface area contributed by atoms with Crippen molar-refractivity contribution in [2.45, 2.75) is 30.8 Å². The first-order chi connectivity index (χ1) is 15.0. The maximum Gasteiger partial charge on any atom is 0.338 e. The highest BCUT2D eigenvalue weighted by molar-refractivity contribution is 7.98. The molecule has 4 rings (SSSR count). The van der Waals surface area contributed by atoms with Crippen LogP contribution < -0.4 is 5.32 Å². The first-order valence-electron chi connectivity index (χ1n) is 9.49. The molecule has 11 heteroatoms. The Hall–Kier alpha value is -3.18. The van der Waals surface area contributed by atoms with E-state index in [4.69, 9.17) is 4.74 Å². The molecule has 0 bridgehead atoms. The van der Waals surface area contributed by atoms with Gasteiger partial charge < -0.3 is 10.1 Å². The van der Waals surface area contributed by atoms with E-state index in [0.717, 1.165) is 10.4 Å². The third-order valence-corrected chi connectivity index (χ3v) is 6.49. The summed E-state index contributed by atoms with van der Waals surface area (Å²) >= 11 is 2.95. The predicted molar refractivity (Wildman–Crippen MR) is 118 cm³/mol. The summed E-state index contributed by atoms with van der Waals surface area (Å²) in [5.74, 6) is 0.727. The second-order valence-electron chi connectivity index (χ2n) is 6.68. The van der Waals surface area contributed by atoms with E-state index in [1.807, 2.05) is 24.4 Å². The molecular weight excluding hydrogens is 438 g/mol. The zero-order valence-corrected chi connectivity index (χ0v) is 18.4. The summed E-state index contributed by atoms with van der Waals surface area (Å²) in [5.41, 5.74) is 2.17. The lowest BCUT2D eigenvalue weighted by Crippen LogP contribution is -2.29. The Labute approximate surface area is 186 Å². The van der Waals surface area contributed by atoms with E-state index in [2.05, 4.69) is 15.4 Å². The molecule has 0 aliphatic carbocycles. The van der Waals surface area contributed by atoms with Gasteiger partial charge in [0.05, 0.1) is 17.1 Å². The third kappa shape index (κ3) is 4.32. The van der Waals surface area contributed by atoms with Crippen molar-refractivity contribution in [3.05, 3.63) is 73.6 Å². The van der Waals surface area contributed by atoms with Crippen molar-refractivity contribution in [3.63, 3.8) is 0 Å². The molecule has 0 radical (unpaired) electrons. The van der Waals surface area contributed by atoms with Crippen LogP contribution in [0.2, 0.25) is 0 Å². The minimum absolute atomic E-state index is 0.0559. The van der Waals surface area contributed by atoms with E-state index in [0.29, 0.717) is 28.1 Å². The number of nitrogens with zero attached hydrogens (tertiary/aromatic N) is 4. The lowest BCUT2D eigenvalue weighted by Gasteiger charge is -2.26. The van der Waals surface area contributed by atoms with Crippen LogP contribution in [0.15, 0.2) is 58.2 Å². The van der Waals surface area contributed by atoms with Gasteiger partial charge >= 0.3 is 5.97 Å². The summed E-state index contributed by atoms with van der Waals surface area (Å²) in [6.45, 7) is 3.89. The molecule has 1 aliphatic heterocycles. The number of allylic oxidation sites excluding steroid dienone is 1. The lowest BCUT2D eigenvalue weighted by molar-refractivity contribution is -0.384. The van der Waals surface area contributed by atoms with Gasteiger partial charge in [0, 0.05) is 28.5 Å². The van der Waals surface area contributed by atoms with Gasteiger partial charge in [-0.3, -0.25) is 10.1 Å². The number of nitro groups is 1. The SMILES string of the molecule is CCOC(=O)C1=C(C)Nc2nc(SCc3ccc([N+](=O)[O-])cc3)nn2[C@@H]1c1cccs1. The molecule has 1 aliphatic rings. The number of nitrogens with one attached hydrogen (secondary N) is 1. The number of esters is 1. The van der Waals surface area contributed by atoms with Gasteiger partial charge in [-0.15, -0.1) is 16.4 Å². The number of carbonyl (C=O) groups excluding carboxylic acids is 1. The van der Waals surface area contributed by atoms with Crippen molar-refractivity contribution >= 4 is 40.7 Å². The Balaban J connectivity index is 1.60. The van der Waals surface area contributed by atoms with E-state index in [1.165, 1.54) is 35.2 Å². The molecular formula is C20H19N5O4S2. The van der Waals surface area contributed by atoms with Gasteiger partial charge in [0.1, 0.15) is 6.04 Å². The van der Waals surface area contributed by atoms with Crippen LogP contribution in [0.4, 0.5) is 11.6 Å². The third-order valence-electron chi connectivity index (χ3n) is 4.66. The topological polar surface area (TPSA) is 112 Å². The molecule has 3 aromatic rings. The number of anilines is 1. The van der Waals surface area contributed by atoms with Gasteiger partial charge in [0.25, 0.3) is 5.69 Å². The second-order valence-corrected chi connectivity index (χ2v) is 8.60. The summed E-state index contributed by atoms with van der Waals surface area (Å²) < 4.78 is 7.00. The number of ether oxygens (including phenoxy) is 1. The summed E-state index contributed by atoms with van der Waals surface area (Å²) in [4.78, 5) is 28.6. The molecule has 0 unspecified atom stereocenters. The number of nitro benzene ring substituents is 1. The summed E-state index contributed by atoms with van der Waals surface area (Å²) in [7, 11) is 0. The van der Waals surface area contributed by atoms with E-state index in [9.17, 15) is 14.9 Å². The highest BCUT2D eigenvalue weighted by atomic mass is 32.2. The molecule has 31 heavy (non-hydrogen) atoms. The standard InChI is InChI=1S/C20H19N5O4S2/c1-3-29-18(26)16-12(2)21-19-22-20(23-24(19)17(16)15-5-4-10-30-15)31-11-13-6-8-14(9-7-13)25(27)28/h4-10,17H,3,11H2,1-2H3,(H,21,22,23)/t17-/m1/s1. The van der Waals surface area contributed by atoms with Gasteiger partial charge in [-0.05, 0) is 30.9 Å². The molecule has 1 aromatic carbocycles. The zero-order chi connectivity index (χ0) is 22.0. The Morgan fingerprint density at radius 3 is 2.77 bits per heavy atom. The predicted octanol–water partition coefficient (Wildman–Crippen LogP) is 4.39. The van der Waals surface area contributed by atoms with Crippen LogP contribution in [0, 0.1) is 10.1 Å². The highest BCUT2D eigenvalue weighted by Crippen LogP contribution is 2.38. The molecule has 0 amide bonds. The number of carbonyl (C=O) groups is 1. The fraction of sp³-hybridized carbons (Fsp3) is 0.250. The summed E-state index contributed by atoms with van der Waals surface area (Å²) in [6.07, 6.45) is 0. The fourth-order valence-electron chi connectivity index (χ4n) is 3.24. The summed E-state index contributed by atoms with van der Waals surface area (Å²) in [5, 5.41) is 21.1. The van der Waals surface area contributed by atoms with Crippen molar-refractivity contribution in [2.75, 3.05) is 11.9 Å². The Bertz CT molecular complexity index is 1140. The molecule has 0 fully saturated rings. The van der Waals surface area contributed by atoms with Crippen molar-refractivity contribution in [1.29, 1.82) is 0 Å².